The highest BCUT2D eigenvalue weighted by atomic mass is 19.4. The van der Waals surface area contributed by atoms with Gasteiger partial charge < -0.3 is 15.5 Å². The topological polar surface area (TPSA) is 79.5 Å². The van der Waals surface area contributed by atoms with Gasteiger partial charge in [0.05, 0.1) is 17.2 Å². The Morgan fingerprint density at radius 3 is 2.48 bits per heavy atom. The lowest BCUT2D eigenvalue weighted by molar-refractivity contribution is -0.138. The Labute approximate surface area is 165 Å². The summed E-state index contributed by atoms with van der Waals surface area (Å²) in [5.74, 6) is -1.44. The van der Waals surface area contributed by atoms with Crippen LogP contribution in [0.5, 0.6) is 0 Å². The van der Waals surface area contributed by atoms with Gasteiger partial charge in [-0.05, 0) is 37.7 Å². The standard InChI is InChI=1S/C19H22F4N4O2/c20-14-4-13(19(21,22)23)7-25-15(14)3-11-5-18(6-11)9-27(10-18)17(29)26-2-1-12(8-26)16(24)28/h4,7,11-12H,1-3,5-6,8-10H2,(H2,24,28). The number of nitrogens with zero attached hydrogens (tertiary/aromatic N) is 3. The van der Waals surface area contributed by atoms with Crippen molar-refractivity contribution in [1.29, 1.82) is 0 Å². The number of primary amides is 1. The van der Waals surface area contributed by atoms with Crippen molar-refractivity contribution in [1.82, 2.24) is 14.8 Å². The van der Waals surface area contributed by atoms with Gasteiger partial charge in [-0.3, -0.25) is 9.78 Å². The van der Waals surface area contributed by atoms with E-state index in [0.29, 0.717) is 51.3 Å². The van der Waals surface area contributed by atoms with Crippen LogP contribution < -0.4 is 5.73 Å². The minimum atomic E-state index is -4.61. The maximum Gasteiger partial charge on any atom is 0.417 e. The molecule has 1 saturated carbocycles. The first-order valence-corrected chi connectivity index (χ1v) is 9.61. The molecule has 158 valence electrons. The van der Waals surface area contributed by atoms with Crippen LogP contribution in [-0.4, -0.2) is 52.9 Å². The molecule has 1 spiro atoms. The van der Waals surface area contributed by atoms with Gasteiger partial charge in [-0.25, -0.2) is 9.18 Å². The second kappa shape index (κ2) is 6.84. The number of aromatic nitrogens is 1. The number of amides is 3. The summed E-state index contributed by atoms with van der Waals surface area (Å²) < 4.78 is 51.8. The molecule has 1 atom stereocenters. The number of pyridine rings is 1. The van der Waals surface area contributed by atoms with Gasteiger partial charge >= 0.3 is 12.2 Å². The fraction of sp³-hybridized carbons (Fsp3) is 0.632. The summed E-state index contributed by atoms with van der Waals surface area (Å²) in [5.41, 5.74) is 4.29. The molecule has 3 aliphatic rings. The van der Waals surface area contributed by atoms with E-state index in [1.54, 1.807) is 9.80 Å². The first kappa shape index (κ1) is 19.9. The lowest BCUT2D eigenvalue weighted by atomic mass is 9.57. The minimum Gasteiger partial charge on any atom is -0.369 e. The zero-order chi connectivity index (χ0) is 21.0. The van der Waals surface area contributed by atoms with Crippen LogP contribution in [0.15, 0.2) is 12.3 Å². The van der Waals surface area contributed by atoms with Gasteiger partial charge in [-0.1, -0.05) is 0 Å². The van der Waals surface area contributed by atoms with Crippen molar-refractivity contribution >= 4 is 11.9 Å². The summed E-state index contributed by atoms with van der Waals surface area (Å²) in [4.78, 5) is 30.8. The van der Waals surface area contributed by atoms with E-state index < -0.39 is 17.6 Å². The maximum absolute atomic E-state index is 14.0. The molecule has 1 aliphatic carbocycles. The van der Waals surface area contributed by atoms with Crippen LogP contribution in [0.3, 0.4) is 0 Å². The average Bonchev–Trinajstić information content (AvgIpc) is 3.06. The molecule has 2 saturated heterocycles. The fourth-order valence-corrected chi connectivity index (χ4v) is 4.88. The van der Waals surface area contributed by atoms with Crippen LogP contribution in [0.4, 0.5) is 22.4 Å². The highest BCUT2D eigenvalue weighted by Gasteiger charge is 2.54. The van der Waals surface area contributed by atoms with E-state index in [0.717, 1.165) is 12.8 Å². The molecule has 0 bridgehead atoms. The molecule has 1 aromatic rings. The molecule has 29 heavy (non-hydrogen) atoms. The molecule has 1 aromatic heterocycles. The number of hydrogen-bond donors (Lipinski definition) is 1. The predicted molar refractivity (Wildman–Crippen MR) is 93.9 cm³/mol. The van der Waals surface area contributed by atoms with Crippen molar-refractivity contribution in [2.75, 3.05) is 26.2 Å². The molecule has 4 rings (SSSR count). The number of urea groups is 1. The molecule has 3 amide bonds. The quantitative estimate of drug-likeness (QED) is 0.772. The molecule has 2 N–H and O–H groups in total. The Balaban J connectivity index is 1.25. The Morgan fingerprint density at radius 2 is 1.93 bits per heavy atom. The van der Waals surface area contributed by atoms with Crippen LogP contribution in [0.2, 0.25) is 0 Å². The zero-order valence-corrected chi connectivity index (χ0v) is 15.7. The number of nitrogens with two attached hydrogens (primary N) is 1. The van der Waals surface area contributed by atoms with Crippen molar-refractivity contribution in [2.24, 2.45) is 23.0 Å². The van der Waals surface area contributed by atoms with Crippen molar-refractivity contribution in [2.45, 2.75) is 31.9 Å². The Kier molecular flexibility index (Phi) is 4.70. The van der Waals surface area contributed by atoms with E-state index in [9.17, 15) is 27.2 Å². The number of hydrogen-bond acceptors (Lipinski definition) is 3. The van der Waals surface area contributed by atoms with Gasteiger partial charge in [0.15, 0.2) is 0 Å². The maximum atomic E-state index is 14.0. The van der Waals surface area contributed by atoms with E-state index in [4.69, 9.17) is 5.73 Å². The largest absolute Gasteiger partial charge is 0.417 e. The summed E-state index contributed by atoms with van der Waals surface area (Å²) in [7, 11) is 0. The number of rotatable bonds is 3. The van der Waals surface area contributed by atoms with Crippen LogP contribution in [0.25, 0.3) is 0 Å². The molecule has 3 fully saturated rings. The summed E-state index contributed by atoms with van der Waals surface area (Å²) in [6, 6.07) is 0.411. The van der Waals surface area contributed by atoms with E-state index in [-0.39, 0.29) is 34.9 Å². The van der Waals surface area contributed by atoms with Crippen molar-refractivity contribution in [3.63, 3.8) is 0 Å². The average molecular weight is 414 g/mol. The third kappa shape index (κ3) is 3.76. The van der Waals surface area contributed by atoms with Gasteiger partial charge in [0.25, 0.3) is 0 Å². The number of alkyl halides is 3. The highest BCUT2D eigenvalue weighted by molar-refractivity contribution is 5.80. The summed E-state index contributed by atoms with van der Waals surface area (Å²) in [6.07, 6.45) is -1.46. The number of carbonyl (C=O) groups excluding carboxylic acids is 2. The van der Waals surface area contributed by atoms with E-state index in [2.05, 4.69) is 4.98 Å². The van der Waals surface area contributed by atoms with Gasteiger partial charge in [0, 0.05) is 37.8 Å². The Morgan fingerprint density at radius 1 is 1.24 bits per heavy atom. The zero-order valence-electron chi connectivity index (χ0n) is 15.7. The van der Waals surface area contributed by atoms with Crippen LogP contribution in [0, 0.1) is 23.1 Å². The molecule has 0 aromatic carbocycles. The molecule has 3 heterocycles. The monoisotopic (exact) mass is 414 g/mol. The van der Waals surface area contributed by atoms with Crippen LogP contribution in [-0.2, 0) is 17.4 Å². The Hall–Kier alpha value is -2.39. The summed E-state index contributed by atoms with van der Waals surface area (Å²) in [6.45, 7) is 2.11. The molecule has 2 aliphatic heterocycles. The number of likely N-dealkylation sites (tertiary alicyclic amines) is 2. The van der Waals surface area contributed by atoms with Gasteiger partial charge in [-0.15, -0.1) is 0 Å². The fourth-order valence-electron chi connectivity index (χ4n) is 4.88. The van der Waals surface area contributed by atoms with Crippen molar-refractivity contribution in [3.05, 3.63) is 29.3 Å². The molecule has 1 unspecified atom stereocenters. The van der Waals surface area contributed by atoms with Gasteiger partial charge in [0.2, 0.25) is 5.91 Å². The first-order chi connectivity index (χ1) is 13.6. The summed E-state index contributed by atoms with van der Waals surface area (Å²) >= 11 is 0. The number of carbonyl (C=O) groups is 2. The molecular weight excluding hydrogens is 392 g/mol. The summed E-state index contributed by atoms with van der Waals surface area (Å²) in [5, 5.41) is 0. The first-order valence-electron chi connectivity index (χ1n) is 9.61. The van der Waals surface area contributed by atoms with E-state index >= 15 is 0 Å². The van der Waals surface area contributed by atoms with Gasteiger partial charge in [0.1, 0.15) is 5.82 Å². The molecular formula is C19H22F4N4O2. The normalized spacial score (nSPS) is 23.8. The Bertz CT molecular complexity index is 830. The van der Waals surface area contributed by atoms with Gasteiger partial charge in [-0.2, -0.15) is 13.2 Å². The lowest BCUT2D eigenvalue weighted by Crippen LogP contribution is -2.65. The van der Waals surface area contributed by atoms with Crippen molar-refractivity contribution < 1.29 is 27.2 Å². The molecule has 6 nitrogen and oxygen atoms in total. The van der Waals surface area contributed by atoms with Crippen molar-refractivity contribution in [3.8, 4) is 0 Å². The number of halogens is 4. The predicted octanol–water partition coefficient (Wildman–Crippen LogP) is 2.42. The third-order valence-corrected chi connectivity index (χ3v) is 6.35. The van der Waals surface area contributed by atoms with E-state index in [1.807, 2.05) is 0 Å². The lowest BCUT2D eigenvalue weighted by Gasteiger charge is -2.59. The molecule has 0 radical (unpaired) electrons. The smallest absolute Gasteiger partial charge is 0.369 e. The van der Waals surface area contributed by atoms with Crippen LogP contribution in [0.1, 0.15) is 30.5 Å². The SMILES string of the molecule is NC(=O)C1CCN(C(=O)N2CC3(CC(Cc4ncc(C(F)(F)F)cc4F)C3)C2)C1. The molecule has 10 heteroatoms. The minimum absolute atomic E-state index is 0.0194. The third-order valence-electron chi connectivity index (χ3n) is 6.35. The second-order valence-electron chi connectivity index (χ2n) is 8.60. The van der Waals surface area contributed by atoms with E-state index in [1.165, 1.54) is 0 Å². The second-order valence-corrected chi connectivity index (χ2v) is 8.60. The van der Waals surface area contributed by atoms with Crippen LogP contribution >= 0.6 is 0 Å². The highest BCUT2D eigenvalue weighted by Crippen LogP contribution is 2.53.